The Labute approximate surface area is 107 Å². The summed E-state index contributed by atoms with van der Waals surface area (Å²) < 4.78 is 2.29. The van der Waals surface area contributed by atoms with Crippen molar-refractivity contribution in [3.63, 3.8) is 0 Å². The summed E-state index contributed by atoms with van der Waals surface area (Å²) in [5.41, 5.74) is 3.88. The maximum atomic E-state index is 4.27. The normalized spacial score (nSPS) is 15.8. The van der Waals surface area contributed by atoms with Gasteiger partial charge in [0.25, 0.3) is 0 Å². The Balaban J connectivity index is 1.57. The molecule has 0 bridgehead atoms. The zero-order valence-corrected chi connectivity index (χ0v) is 10.7. The second-order valence-corrected chi connectivity index (χ2v) is 4.99. The van der Waals surface area contributed by atoms with Crippen molar-refractivity contribution in [2.24, 2.45) is 0 Å². The Morgan fingerprint density at radius 1 is 1.39 bits per heavy atom. The standard InChI is InChI=1S/C13H19N5/c1-10-11(7-16-17-10)3-2-4-18-9-15-8-13(18)12-5-14-6-12/h7-9,12,14H,2-6H2,1H3,(H,16,17). The molecule has 0 spiro atoms. The SMILES string of the molecule is Cc1[nH]ncc1CCCn1cncc1C1CNC1. The number of nitrogens with zero attached hydrogens (tertiary/aromatic N) is 3. The molecule has 3 rings (SSSR count). The van der Waals surface area contributed by atoms with Gasteiger partial charge in [-0.25, -0.2) is 4.98 Å². The molecule has 0 unspecified atom stereocenters. The highest BCUT2D eigenvalue weighted by atomic mass is 15.1. The maximum Gasteiger partial charge on any atom is 0.0948 e. The largest absolute Gasteiger partial charge is 0.334 e. The van der Waals surface area contributed by atoms with E-state index in [9.17, 15) is 0 Å². The van der Waals surface area contributed by atoms with Crippen molar-refractivity contribution >= 4 is 0 Å². The first kappa shape index (κ1) is 11.5. The molecule has 18 heavy (non-hydrogen) atoms. The number of aryl methyl sites for hydroxylation is 3. The lowest BCUT2D eigenvalue weighted by atomic mass is 10.00. The average molecular weight is 245 g/mol. The summed E-state index contributed by atoms with van der Waals surface area (Å²) in [4.78, 5) is 4.27. The van der Waals surface area contributed by atoms with E-state index in [-0.39, 0.29) is 0 Å². The molecule has 2 aromatic heterocycles. The summed E-state index contributed by atoms with van der Waals surface area (Å²) in [6.07, 6.45) is 8.09. The second-order valence-electron chi connectivity index (χ2n) is 4.99. The van der Waals surface area contributed by atoms with Crippen LogP contribution in [-0.4, -0.2) is 32.8 Å². The van der Waals surface area contributed by atoms with Gasteiger partial charge in [-0.2, -0.15) is 5.10 Å². The van der Waals surface area contributed by atoms with Gasteiger partial charge in [0.2, 0.25) is 0 Å². The van der Waals surface area contributed by atoms with E-state index < -0.39 is 0 Å². The minimum absolute atomic E-state index is 0.656. The summed E-state index contributed by atoms with van der Waals surface area (Å²) in [5.74, 6) is 0.656. The highest BCUT2D eigenvalue weighted by Crippen LogP contribution is 2.19. The van der Waals surface area contributed by atoms with Gasteiger partial charge in [-0.05, 0) is 25.3 Å². The molecule has 1 fully saturated rings. The van der Waals surface area contributed by atoms with Crippen LogP contribution in [0.1, 0.15) is 29.3 Å². The van der Waals surface area contributed by atoms with E-state index in [4.69, 9.17) is 0 Å². The van der Waals surface area contributed by atoms with Crippen LogP contribution in [0.15, 0.2) is 18.7 Å². The Bertz CT molecular complexity index is 509. The predicted octanol–water partition coefficient (Wildman–Crippen LogP) is 1.23. The number of H-pyrrole nitrogens is 1. The fourth-order valence-electron chi connectivity index (χ4n) is 2.42. The summed E-state index contributed by atoms with van der Waals surface area (Å²) in [6.45, 7) is 5.29. The van der Waals surface area contributed by atoms with Crippen molar-refractivity contribution in [2.75, 3.05) is 13.1 Å². The number of imidazole rings is 1. The second kappa shape index (κ2) is 4.94. The molecule has 0 saturated carbocycles. The van der Waals surface area contributed by atoms with Gasteiger partial charge < -0.3 is 9.88 Å². The molecule has 0 aromatic carbocycles. The van der Waals surface area contributed by atoms with Crippen molar-refractivity contribution in [3.05, 3.63) is 35.7 Å². The molecule has 2 N–H and O–H groups in total. The van der Waals surface area contributed by atoms with Crippen LogP contribution in [0.2, 0.25) is 0 Å². The van der Waals surface area contributed by atoms with Crippen LogP contribution in [0.4, 0.5) is 0 Å². The van der Waals surface area contributed by atoms with Gasteiger partial charge in [-0.3, -0.25) is 5.10 Å². The van der Waals surface area contributed by atoms with Crippen LogP contribution in [-0.2, 0) is 13.0 Å². The molecule has 2 aromatic rings. The summed E-state index contributed by atoms with van der Waals surface area (Å²) in [5, 5.41) is 10.3. The predicted molar refractivity (Wildman–Crippen MR) is 69.5 cm³/mol. The van der Waals surface area contributed by atoms with Gasteiger partial charge in [-0.15, -0.1) is 0 Å². The Morgan fingerprint density at radius 3 is 2.94 bits per heavy atom. The van der Waals surface area contributed by atoms with Gasteiger partial charge in [0, 0.05) is 43.1 Å². The van der Waals surface area contributed by atoms with Gasteiger partial charge in [0.05, 0.1) is 12.5 Å². The van der Waals surface area contributed by atoms with E-state index in [2.05, 4.69) is 32.0 Å². The van der Waals surface area contributed by atoms with Gasteiger partial charge in [0.1, 0.15) is 0 Å². The molecule has 3 heterocycles. The zero-order chi connectivity index (χ0) is 12.4. The molecule has 0 amide bonds. The molecule has 0 atom stereocenters. The quantitative estimate of drug-likeness (QED) is 0.833. The van der Waals surface area contributed by atoms with Crippen LogP contribution in [0, 0.1) is 6.92 Å². The third-order valence-corrected chi connectivity index (χ3v) is 3.72. The van der Waals surface area contributed by atoms with E-state index in [1.165, 1.54) is 17.0 Å². The maximum absolute atomic E-state index is 4.27. The molecule has 5 heteroatoms. The van der Waals surface area contributed by atoms with E-state index in [0.717, 1.165) is 32.5 Å². The third kappa shape index (κ3) is 2.18. The fourth-order valence-corrected chi connectivity index (χ4v) is 2.42. The summed E-state index contributed by atoms with van der Waals surface area (Å²) >= 11 is 0. The molecular weight excluding hydrogens is 226 g/mol. The summed E-state index contributed by atoms with van der Waals surface area (Å²) in [7, 11) is 0. The highest BCUT2D eigenvalue weighted by Gasteiger charge is 2.21. The van der Waals surface area contributed by atoms with E-state index in [0.29, 0.717) is 5.92 Å². The number of aromatic amines is 1. The van der Waals surface area contributed by atoms with Crippen LogP contribution in [0.25, 0.3) is 0 Å². The van der Waals surface area contributed by atoms with Gasteiger partial charge >= 0.3 is 0 Å². The van der Waals surface area contributed by atoms with Crippen molar-refractivity contribution in [1.82, 2.24) is 25.1 Å². The minimum atomic E-state index is 0.656. The number of hydrogen-bond donors (Lipinski definition) is 2. The van der Waals surface area contributed by atoms with E-state index in [1.807, 2.05) is 18.7 Å². The molecule has 1 aliphatic heterocycles. The molecule has 0 aliphatic carbocycles. The van der Waals surface area contributed by atoms with Gasteiger partial charge in [0.15, 0.2) is 0 Å². The molecule has 1 aliphatic rings. The van der Waals surface area contributed by atoms with Crippen molar-refractivity contribution in [1.29, 1.82) is 0 Å². The molecule has 0 radical (unpaired) electrons. The van der Waals surface area contributed by atoms with Crippen LogP contribution < -0.4 is 5.32 Å². The Kier molecular flexibility index (Phi) is 3.15. The minimum Gasteiger partial charge on any atom is -0.334 e. The molecule has 96 valence electrons. The number of rotatable bonds is 5. The Hall–Kier alpha value is -1.62. The monoisotopic (exact) mass is 245 g/mol. The first-order valence-electron chi connectivity index (χ1n) is 6.54. The first-order valence-corrected chi connectivity index (χ1v) is 6.54. The summed E-state index contributed by atoms with van der Waals surface area (Å²) in [6, 6.07) is 0. The lowest BCUT2D eigenvalue weighted by Crippen LogP contribution is -2.40. The molecule has 5 nitrogen and oxygen atoms in total. The number of hydrogen-bond acceptors (Lipinski definition) is 3. The Morgan fingerprint density at radius 2 is 2.28 bits per heavy atom. The van der Waals surface area contributed by atoms with E-state index in [1.54, 1.807) is 0 Å². The third-order valence-electron chi connectivity index (χ3n) is 3.72. The lowest BCUT2D eigenvalue weighted by molar-refractivity contribution is 0.421. The lowest BCUT2D eigenvalue weighted by Gasteiger charge is -2.27. The number of nitrogens with one attached hydrogen (secondary N) is 2. The van der Waals surface area contributed by atoms with Crippen molar-refractivity contribution in [3.8, 4) is 0 Å². The average Bonchev–Trinajstić information content (AvgIpc) is 2.88. The zero-order valence-electron chi connectivity index (χ0n) is 10.7. The van der Waals surface area contributed by atoms with Crippen LogP contribution >= 0.6 is 0 Å². The van der Waals surface area contributed by atoms with Crippen LogP contribution in [0.3, 0.4) is 0 Å². The molecule has 1 saturated heterocycles. The van der Waals surface area contributed by atoms with Gasteiger partial charge in [-0.1, -0.05) is 0 Å². The van der Waals surface area contributed by atoms with Crippen molar-refractivity contribution in [2.45, 2.75) is 32.2 Å². The smallest absolute Gasteiger partial charge is 0.0948 e. The molecular formula is C13H19N5. The number of aromatic nitrogens is 4. The topological polar surface area (TPSA) is 58.5 Å². The van der Waals surface area contributed by atoms with Crippen LogP contribution in [0.5, 0.6) is 0 Å². The van der Waals surface area contributed by atoms with E-state index >= 15 is 0 Å². The highest BCUT2D eigenvalue weighted by molar-refractivity contribution is 5.14. The fraction of sp³-hybridized carbons (Fsp3) is 0.538. The first-order chi connectivity index (χ1) is 8.84. The van der Waals surface area contributed by atoms with Crippen molar-refractivity contribution < 1.29 is 0 Å².